The lowest BCUT2D eigenvalue weighted by molar-refractivity contribution is -0.139. The third-order valence-corrected chi connectivity index (χ3v) is 6.67. The fraction of sp³-hybridized carbons (Fsp3) is 0.120. The molecule has 0 aliphatic heterocycles. The van der Waals surface area contributed by atoms with Crippen molar-refractivity contribution >= 4 is 39.2 Å². The number of nitrogens with one attached hydrogen (secondary N) is 1. The summed E-state index contributed by atoms with van der Waals surface area (Å²) in [4.78, 5) is 32.5. The van der Waals surface area contributed by atoms with Crippen LogP contribution in [0.25, 0.3) is 20.9 Å². The number of carbonyl (C=O) groups is 2. The van der Waals surface area contributed by atoms with E-state index >= 15 is 0 Å². The molecule has 0 radical (unpaired) electrons. The molecule has 1 atom stereocenters. The molecule has 4 N–H and O–H groups in total. The summed E-state index contributed by atoms with van der Waals surface area (Å²) in [6.07, 6.45) is 3.79. The van der Waals surface area contributed by atoms with Gasteiger partial charge in [-0.05, 0) is 35.9 Å². The number of carboxylic acid groups (broad SMARTS) is 1. The van der Waals surface area contributed by atoms with Gasteiger partial charge < -0.3 is 16.2 Å². The first-order valence-corrected chi connectivity index (χ1v) is 11.3. The van der Waals surface area contributed by atoms with Crippen molar-refractivity contribution in [3.05, 3.63) is 89.9 Å². The van der Waals surface area contributed by atoms with Gasteiger partial charge in [0.2, 0.25) is 5.91 Å². The second-order valence-electron chi connectivity index (χ2n) is 8.01. The number of benzene rings is 2. The van der Waals surface area contributed by atoms with Gasteiger partial charge in [0.05, 0.1) is 17.5 Å². The molecule has 0 fully saturated rings. The molecule has 0 unspecified atom stereocenters. The van der Waals surface area contributed by atoms with Crippen molar-refractivity contribution in [2.75, 3.05) is 5.32 Å². The lowest BCUT2D eigenvalue weighted by Crippen LogP contribution is -2.34. The quantitative estimate of drug-likeness (QED) is 0.331. The van der Waals surface area contributed by atoms with Crippen molar-refractivity contribution in [3.8, 4) is 10.6 Å². The van der Waals surface area contributed by atoms with Crippen molar-refractivity contribution in [2.45, 2.75) is 17.9 Å². The lowest BCUT2D eigenvalue weighted by atomic mass is 9.89. The monoisotopic (exact) mass is 474 g/mol. The Morgan fingerprint density at radius 1 is 1.09 bits per heavy atom. The summed E-state index contributed by atoms with van der Waals surface area (Å²) in [6.45, 7) is 0. The predicted octanol–water partition coefficient (Wildman–Crippen LogP) is 4.09. The maximum absolute atomic E-state index is 14.9. The molecule has 0 bridgehead atoms. The molecule has 0 saturated heterocycles. The number of primary amides is 1. The molecule has 2 aromatic heterocycles. The van der Waals surface area contributed by atoms with E-state index in [0.29, 0.717) is 15.4 Å². The van der Waals surface area contributed by atoms with Gasteiger partial charge in [0.1, 0.15) is 27.2 Å². The number of amides is 1. The molecule has 0 spiro atoms. The van der Waals surface area contributed by atoms with Gasteiger partial charge in [0, 0.05) is 11.3 Å². The Morgan fingerprint density at radius 2 is 1.85 bits per heavy atom. The lowest BCUT2D eigenvalue weighted by Gasteiger charge is -2.15. The van der Waals surface area contributed by atoms with Crippen LogP contribution in [0.3, 0.4) is 0 Å². The molecule has 2 aromatic carbocycles. The van der Waals surface area contributed by atoms with E-state index in [1.165, 1.54) is 23.5 Å². The topological polar surface area (TPSA) is 118 Å². The van der Waals surface area contributed by atoms with Crippen LogP contribution in [0.5, 0.6) is 0 Å². The number of nitrogens with two attached hydrogens (primary N) is 1. The normalized spacial score (nSPS) is 14.6. The molecule has 1 amide bonds. The van der Waals surface area contributed by atoms with Crippen LogP contribution in [0.15, 0.2) is 72.8 Å². The van der Waals surface area contributed by atoms with Gasteiger partial charge in [-0.15, -0.1) is 0 Å². The molecule has 34 heavy (non-hydrogen) atoms. The molecular formula is C25H19FN4O3S. The number of allylic oxidation sites excluding steroid dienone is 2. The van der Waals surface area contributed by atoms with Gasteiger partial charge in [-0.1, -0.05) is 53.8 Å². The van der Waals surface area contributed by atoms with Crippen molar-refractivity contribution < 1.29 is 19.1 Å². The van der Waals surface area contributed by atoms with E-state index in [9.17, 15) is 19.1 Å². The third-order valence-electron chi connectivity index (χ3n) is 5.67. The second kappa shape index (κ2) is 8.35. The number of halogens is 1. The van der Waals surface area contributed by atoms with Crippen LogP contribution in [0.1, 0.15) is 17.7 Å². The summed E-state index contributed by atoms with van der Waals surface area (Å²) in [6, 6.07) is 16.9. The Bertz CT molecular complexity index is 1450. The highest BCUT2D eigenvalue weighted by Crippen LogP contribution is 2.45. The minimum Gasteiger partial charge on any atom is -0.480 e. The van der Waals surface area contributed by atoms with Crippen LogP contribution in [0, 0.1) is 5.82 Å². The molecule has 170 valence electrons. The Morgan fingerprint density at radius 3 is 2.50 bits per heavy atom. The largest absolute Gasteiger partial charge is 0.480 e. The van der Waals surface area contributed by atoms with Gasteiger partial charge in [0.25, 0.3) is 0 Å². The second-order valence-corrected chi connectivity index (χ2v) is 8.99. The number of aliphatic carboxylic acids is 1. The number of nitrogens with zero attached hydrogens (tertiary/aromatic N) is 2. The van der Waals surface area contributed by atoms with Crippen molar-refractivity contribution in [1.82, 2.24) is 9.97 Å². The van der Waals surface area contributed by atoms with E-state index in [1.807, 2.05) is 30.3 Å². The molecule has 1 aliphatic carbocycles. The molecule has 2 heterocycles. The molecule has 7 nitrogen and oxygen atoms in total. The van der Waals surface area contributed by atoms with E-state index in [0.717, 1.165) is 11.3 Å². The highest BCUT2D eigenvalue weighted by molar-refractivity contribution is 7.21. The molecule has 4 aromatic rings. The first kappa shape index (κ1) is 21.7. The Labute approximate surface area is 197 Å². The van der Waals surface area contributed by atoms with Crippen LogP contribution in [-0.4, -0.2) is 33.0 Å². The number of hydrogen-bond donors (Lipinski definition) is 3. The number of rotatable bonds is 8. The maximum atomic E-state index is 14.9. The molecule has 5 rings (SSSR count). The summed E-state index contributed by atoms with van der Waals surface area (Å²) >= 11 is 1.29. The smallest absolute Gasteiger partial charge is 0.326 e. The number of carboxylic acids is 1. The molecule has 1 aliphatic rings. The van der Waals surface area contributed by atoms with Crippen LogP contribution in [-0.2, 0) is 15.0 Å². The SMILES string of the molecule is NC(=O)C[C@H](Nc1ccc(-c2nc3ccc(C4(c5ccccc5)C=C4)nc3s2)c(F)c1)C(=O)O. The van der Waals surface area contributed by atoms with Crippen LogP contribution in [0.4, 0.5) is 10.1 Å². The van der Waals surface area contributed by atoms with Gasteiger partial charge in [-0.3, -0.25) is 4.79 Å². The summed E-state index contributed by atoms with van der Waals surface area (Å²) in [5.41, 5.74) is 7.97. The van der Waals surface area contributed by atoms with Gasteiger partial charge in [0.15, 0.2) is 0 Å². The minimum atomic E-state index is -1.25. The first-order chi connectivity index (χ1) is 16.4. The van der Waals surface area contributed by atoms with Crippen LogP contribution < -0.4 is 11.1 Å². The minimum absolute atomic E-state index is 0.223. The number of fused-ring (bicyclic) bond motifs is 1. The van der Waals surface area contributed by atoms with Crippen molar-refractivity contribution in [1.29, 1.82) is 0 Å². The van der Waals surface area contributed by atoms with E-state index in [2.05, 4.69) is 34.6 Å². The predicted molar refractivity (Wildman–Crippen MR) is 128 cm³/mol. The zero-order valence-corrected chi connectivity index (χ0v) is 18.6. The fourth-order valence-electron chi connectivity index (χ4n) is 3.85. The average Bonchev–Trinajstić information content (AvgIpc) is 3.52. The summed E-state index contributed by atoms with van der Waals surface area (Å²) in [7, 11) is 0. The standard InChI is InChI=1S/C25H19FN4O3S/c26-17-12-15(28-19(24(32)33)13-21(27)31)6-7-16(17)22-29-18-8-9-20(30-23(18)34-22)25(10-11-25)14-4-2-1-3-5-14/h1-12,19,28H,13H2,(H2,27,31)(H,32,33)/t19-/m0/s1. The Kier molecular flexibility index (Phi) is 5.33. The number of pyridine rings is 1. The van der Waals surface area contributed by atoms with E-state index in [4.69, 9.17) is 10.7 Å². The number of anilines is 1. The number of aromatic nitrogens is 2. The average molecular weight is 475 g/mol. The number of carbonyl (C=O) groups excluding carboxylic acids is 1. The number of thiazole rings is 1. The van der Waals surface area contributed by atoms with Crippen molar-refractivity contribution in [3.63, 3.8) is 0 Å². The van der Waals surface area contributed by atoms with E-state index in [1.54, 1.807) is 6.07 Å². The van der Waals surface area contributed by atoms with Gasteiger partial charge >= 0.3 is 5.97 Å². The highest BCUT2D eigenvalue weighted by atomic mass is 32.1. The molecule has 0 saturated carbocycles. The zero-order valence-electron chi connectivity index (χ0n) is 17.7. The zero-order chi connectivity index (χ0) is 23.9. The van der Waals surface area contributed by atoms with Crippen molar-refractivity contribution in [2.24, 2.45) is 5.73 Å². The fourth-order valence-corrected chi connectivity index (χ4v) is 4.82. The molecule has 9 heteroatoms. The maximum Gasteiger partial charge on any atom is 0.326 e. The third kappa shape index (κ3) is 4.01. The Hall–Kier alpha value is -4.11. The Balaban J connectivity index is 1.42. The van der Waals surface area contributed by atoms with Gasteiger partial charge in [-0.2, -0.15) is 0 Å². The van der Waals surface area contributed by atoms with Crippen LogP contribution in [0.2, 0.25) is 0 Å². The first-order valence-electron chi connectivity index (χ1n) is 10.5. The summed E-state index contributed by atoms with van der Waals surface area (Å²) < 4.78 is 14.9. The van der Waals surface area contributed by atoms with Gasteiger partial charge in [-0.25, -0.2) is 19.2 Å². The van der Waals surface area contributed by atoms with E-state index in [-0.39, 0.29) is 16.7 Å². The van der Waals surface area contributed by atoms with E-state index < -0.39 is 30.2 Å². The summed E-state index contributed by atoms with van der Waals surface area (Å²) in [5.74, 6) is -2.60. The molecular weight excluding hydrogens is 455 g/mol. The summed E-state index contributed by atoms with van der Waals surface area (Å²) in [5, 5.41) is 12.3. The van der Waals surface area contributed by atoms with Crippen LogP contribution >= 0.6 is 11.3 Å². The number of hydrogen-bond acceptors (Lipinski definition) is 6. The highest BCUT2D eigenvalue weighted by Gasteiger charge is 2.39.